The summed E-state index contributed by atoms with van der Waals surface area (Å²) in [5, 5.41) is 4.00. The number of nitrogens with zero attached hydrogens (tertiary/aromatic N) is 1. The number of hydrogen-bond acceptors (Lipinski definition) is 5. The average molecular weight is 436 g/mol. The number of hydrogen-bond donors (Lipinski definition) is 2. The molecule has 6 nitrogen and oxygen atoms in total. The maximum Gasteiger partial charge on any atom is 0.328 e. The Balaban J connectivity index is 2.09. The monoisotopic (exact) mass is 435 g/mol. The van der Waals surface area contributed by atoms with Crippen molar-refractivity contribution < 1.29 is 14.3 Å². The Morgan fingerprint density at radius 1 is 1.24 bits per heavy atom. The molecule has 0 radical (unpaired) electrons. The molecule has 0 bridgehead atoms. The van der Waals surface area contributed by atoms with Gasteiger partial charge in [-0.05, 0) is 42.8 Å². The van der Waals surface area contributed by atoms with Gasteiger partial charge in [0.1, 0.15) is 6.04 Å². The lowest BCUT2D eigenvalue weighted by Gasteiger charge is -2.39. The molecule has 3 rings (SSSR count). The number of methoxy groups -OCH3 is 1. The first-order valence-electron chi connectivity index (χ1n) is 9.27. The summed E-state index contributed by atoms with van der Waals surface area (Å²) in [5.74, 6) is -0.581. The SMILES string of the molecule is COC(=O)[C@@H]1C[C@@H](N(C(C)=O)c2ccc(CCN)cc2)c2c(Cl)cc(Cl)cc2N1. The van der Waals surface area contributed by atoms with E-state index in [2.05, 4.69) is 5.32 Å². The minimum atomic E-state index is -0.634. The highest BCUT2D eigenvalue weighted by Gasteiger charge is 2.38. The molecule has 0 saturated heterocycles. The fourth-order valence-corrected chi connectivity index (χ4v) is 4.35. The highest BCUT2D eigenvalue weighted by molar-refractivity contribution is 6.35. The number of esters is 1. The Morgan fingerprint density at radius 2 is 1.93 bits per heavy atom. The summed E-state index contributed by atoms with van der Waals surface area (Å²) in [6.45, 7) is 2.04. The molecule has 0 aliphatic carbocycles. The molecule has 2 aromatic carbocycles. The molecule has 0 aromatic heterocycles. The molecule has 0 fully saturated rings. The van der Waals surface area contributed by atoms with Gasteiger partial charge in [0, 0.05) is 40.3 Å². The van der Waals surface area contributed by atoms with Crippen LogP contribution in [0.3, 0.4) is 0 Å². The summed E-state index contributed by atoms with van der Waals surface area (Å²) in [6.07, 6.45) is 1.07. The fourth-order valence-electron chi connectivity index (χ4n) is 3.73. The van der Waals surface area contributed by atoms with E-state index in [1.807, 2.05) is 24.3 Å². The second-order valence-corrected chi connectivity index (χ2v) is 7.76. The lowest BCUT2D eigenvalue weighted by atomic mass is 9.90. The summed E-state index contributed by atoms with van der Waals surface area (Å²) in [7, 11) is 1.33. The van der Waals surface area contributed by atoms with Crippen molar-refractivity contribution in [2.24, 2.45) is 5.73 Å². The molecular weight excluding hydrogens is 413 g/mol. The average Bonchev–Trinajstić information content (AvgIpc) is 2.68. The van der Waals surface area contributed by atoms with Gasteiger partial charge in [-0.1, -0.05) is 35.3 Å². The van der Waals surface area contributed by atoms with E-state index in [1.165, 1.54) is 14.0 Å². The zero-order chi connectivity index (χ0) is 21.1. The molecule has 1 amide bonds. The molecule has 0 spiro atoms. The van der Waals surface area contributed by atoms with Crippen LogP contribution < -0.4 is 16.0 Å². The van der Waals surface area contributed by atoms with Gasteiger partial charge in [-0.15, -0.1) is 0 Å². The lowest BCUT2D eigenvalue weighted by Crippen LogP contribution is -2.43. The van der Waals surface area contributed by atoms with Crippen molar-refractivity contribution in [2.45, 2.75) is 31.8 Å². The van der Waals surface area contributed by atoms with Crippen molar-refractivity contribution in [3.63, 3.8) is 0 Å². The number of rotatable bonds is 5. The number of fused-ring (bicyclic) bond motifs is 1. The Labute approximate surface area is 179 Å². The van der Waals surface area contributed by atoms with Crippen LogP contribution in [0.1, 0.15) is 30.5 Å². The molecule has 8 heteroatoms. The van der Waals surface area contributed by atoms with Gasteiger partial charge in [0.2, 0.25) is 5.91 Å². The van der Waals surface area contributed by atoms with Crippen molar-refractivity contribution in [3.05, 3.63) is 57.6 Å². The van der Waals surface area contributed by atoms with E-state index in [0.29, 0.717) is 34.4 Å². The lowest BCUT2D eigenvalue weighted by molar-refractivity contribution is -0.142. The zero-order valence-electron chi connectivity index (χ0n) is 16.2. The van der Waals surface area contributed by atoms with Crippen molar-refractivity contribution in [2.75, 3.05) is 23.9 Å². The van der Waals surface area contributed by atoms with Crippen LogP contribution in [0.25, 0.3) is 0 Å². The third-order valence-electron chi connectivity index (χ3n) is 5.00. The number of nitrogens with two attached hydrogens (primary N) is 1. The summed E-state index contributed by atoms with van der Waals surface area (Å²) < 4.78 is 4.92. The van der Waals surface area contributed by atoms with Gasteiger partial charge in [0.05, 0.1) is 13.2 Å². The first-order valence-corrected chi connectivity index (χ1v) is 10.0. The molecule has 3 N–H and O–H groups in total. The van der Waals surface area contributed by atoms with E-state index >= 15 is 0 Å². The molecule has 1 heterocycles. The van der Waals surface area contributed by atoms with Gasteiger partial charge >= 0.3 is 5.97 Å². The molecule has 0 saturated carbocycles. The quantitative estimate of drug-likeness (QED) is 0.694. The zero-order valence-corrected chi connectivity index (χ0v) is 17.8. The third kappa shape index (κ3) is 4.50. The van der Waals surface area contributed by atoms with Crippen molar-refractivity contribution in [3.8, 4) is 0 Å². The molecule has 1 aliphatic rings. The number of amides is 1. The molecular formula is C21H23Cl2N3O3. The number of carbonyl (C=O) groups excluding carboxylic acids is 2. The Morgan fingerprint density at radius 3 is 2.52 bits per heavy atom. The van der Waals surface area contributed by atoms with Gasteiger partial charge in [0.25, 0.3) is 0 Å². The normalized spacial score (nSPS) is 17.8. The first-order chi connectivity index (χ1) is 13.8. The standard InChI is InChI=1S/C21H23Cl2N3O3/c1-12(27)26(15-5-3-13(4-6-15)7-8-24)19-11-18(21(28)29-2)25-17-10-14(22)9-16(23)20(17)19/h3-6,9-10,18-19,25H,7-8,11,24H2,1-2H3/t18-,19+/m0/s1. The molecule has 1 aliphatic heterocycles. The van der Waals surface area contributed by atoms with E-state index in [1.54, 1.807) is 17.0 Å². The van der Waals surface area contributed by atoms with Crippen LogP contribution in [0.5, 0.6) is 0 Å². The third-order valence-corrected chi connectivity index (χ3v) is 5.53. The number of carbonyl (C=O) groups is 2. The van der Waals surface area contributed by atoms with Crippen LogP contribution in [-0.2, 0) is 20.7 Å². The smallest absolute Gasteiger partial charge is 0.328 e. The van der Waals surface area contributed by atoms with Crippen LogP contribution in [0.2, 0.25) is 10.0 Å². The molecule has 154 valence electrons. The van der Waals surface area contributed by atoms with Gasteiger partial charge in [0.15, 0.2) is 0 Å². The first kappa shape index (κ1) is 21.4. The maximum atomic E-state index is 12.7. The van der Waals surface area contributed by atoms with Crippen LogP contribution in [-0.4, -0.2) is 31.6 Å². The molecule has 2 atom stereocenters. The van der Waals surface area contributed by atoms with Crippen LogP contribution >= 0.6 is 23.2 Å². The summed E-state index contributed by atoms with van der Waals surface area (Å²) >= 11 is 12.7. The van der Waals surface area contributed by atoms with E-state index in [4.69, 9.17) is 33.7 Å². The number of halogens is 2. The molecule has 0 unspecified atom stereocenters. The number of anilines is 2. The van der Waals surface area contributed by atoms with Crippen molar-refractivity contribution in [1.29, 1.82) is 0 Å². The van der Waals surface area contributed by atoms with E-state index < -0.39 is 18.1 Å². The van der Waals surface area contributed by atoms with Gasteiger partial charge in [-0.3, -0.25) is 4.79 Å². The summed E-state index contributed by atoms with van der Waals surface area (Å²) in [5.41, 5.74) is 8.75. The topological polar surface area (TPSA) is 84.7 Å². The second kappa shape index (κ2) is 9.03. The number of benzene rings is 2. The Kier molecular flexibility index (Phi) is 6.67. The Hall–Kier alpha value is -2.28. The minimum absolute atomic E-state index is 0.163. The van der Waals surface area contributed by atoms with E-state index in [9.17, 15) is 9.59 Å². The number of ether oxygens (including phenoxy) is 1. The summed E-state index contributed by atoms with van der Waals surface area (Å²) in [4.78, 5) is 26.6. The predicted molar refractivity (Wildman–Crippen MR) is 116 cm³/mol. The van der Waals surface area contributed by atoms with Gasteiger partial charge in [-0.2, -0.15) is 0 Å². The van der Waals surface area contributed by atoms with E-state index in [0.717, 1.165) is 17.5 Å². The predicted octanol–water partition coefficient (Wildman–Crippen LogP) is 3.95. The summed E-state index contributed by atoms with van der Waals surface area (Å²) in [6, 6.07) is 9.90. The van der Waals surface area contributed by atoms with Gasteiger partial charge < -0.3 is 20.7 Å². The van der Waals surface area contributed by atoms with Crippen LogP contribution in [0, 0.1) is 0 Å². The Bertz CT molecular complexity index is 918. The van der Waals surface area contributed by atoms with Crippen LogP contribution in [0.15, 0.2) is 36.4 Å². The van der Waals surface area contributed by atoms with E-state index in [-0.39, 0.29) is 5.91 Å². The van der Waals surface area contributed by atoms with Crippen LogP contribution in [0.4, 0.5) is 11.4 Å². The van der Waals surface area contributed by atoms with Crippen molar-refractivity contribution >= 4 is 46.5 Å². The highest BCUT2D eigenvalue weighted by atomic mass is 35.5. The largest absolute Gasteiger partial charge is 0.467 e. The van der Waals surface area contributed by atoms with Gasteiger partial charge in [-0.25, -0.2) is 4.79 Å². The molecule has 29 heavy (non-hydrogen) atoms. The van der Waals surface area contributed by atoms with Crippen molar-refractivity contribution in [1.82, 2.24) is 0 Å². The fraction of sp³-hybridized carbons (Fsp3) is 0.333. The maximum absolute atomic E-state index is 12.7. The molecule has 2 aromatic rings. The highest BCUT2D eigenvalue weighted by Crippen LogP contribution is 2.44. The second-order valence-electron chi connectivity index (χ2n) is 6.91. The minimum Gasteiger partial charge on any atom is -0.467 e. The number of nitrogens with one attached hydrogen (secondary N) is 1.